The summed E-state index contributed by atoms with van der Waals surface area (Å²) < 4.78 is 25.6. The van der Waals surface area contributed by atoms with Gasteiger partial charge in [0.1, 0.15) is 11.6 Å². The second-order valence-corrected chi connectivity index (χ2v) is 2.50. The molecular weight excluding hydrogens is 184 g/mol. The lowest BCUT2D eigenvalue weighted by atomic mass is 10.3. The first-order valence-corrected chi connectivity index (χ1v) is 3.55. The normalized spacial score (nSPS) is 9.58. The van der Waals surface area contributed by atoms with Crippen molar-refractivity contribution in [2.24, 2.45) is 0 Å². The molecule has 0 amide bonds. The third-order valence-electron chi connectivity index (χ3n) is 1.27. The van der Waals surface area contributed by atoms with Crippen molar-refractivity contribution in [2.75, 3.05) is 5.32 Å². The second kappa shape index (κ2) is 3.54. The number of rotatable bonds is 2. The van der Waals surface area contributed by atoms with E-state index in [1.807, 2.05) is 0 Å². The molecule has 0 bridgehead atoms. The summed E-state index contributed by atoms with van der Waals surface area (Å²) in [4.78, 5) is 0. The van der Waals surface area contributed by atoms with Crippen LogP contribution in [0.15, 0.2) is 24.9 Å². The van der Waals surface area contributed by atoms with Gasteiger partial charge in [-0.25, -0.2) is 8.78 Å². The van der Waals surface area contributed by atoms with Gasteiger partial charge in [-0.05, 0) is 12.3 Å². The molecule has 1 rings (SSSR count). The fraction of sp³-hybridized carbons (Fsp3) is 0. The molecule has 0 fully saturated rings. The van der Waals surface area contributed by atoms with Crippen LogP contribution in [0.1, 0.15) is 0 Å². The minimum absolute atomic E-state index is 0.0203. The molecule has 1 aromatic rings. The molecule has 1 aromatic carbocycles. The monoisotopic (exact) mass is 189 g/mol. The Hall–Kier alpha value is -1.09. The van der Waals surface area contributed by atoms with Crippen molar-refractivity contribution in [1.29, 1.82) is 0 Å². The largest absolute Gasteiger partial charge is 0.360 e. The van der Waals surface area contributed by atoms with Crippen LogP contribution in [0.25, 0.3) is 0 Å². The molecule has 0 saturated heterocycles. The van der Waals surface area contributed by atoms with Gasteiger partial charge in [-0.15, -0.1) is 0 Å². The summed E-state index contributed by atoms with van der Waals surface area (Å²) in [7, 11) is 0. The van der Waals surface area contributed by atoms with Gasteiger partial charge in [0.2, 0.25) is 0 Å². The van der Waals surface area contributed by atoms with Gasteiger partial charge in [0.05, 0.1) is 10.7 Å². The maximum absolute atomic E-state index is 12.9. The van der Waals surface area contributed by atoms with Crippen LogP contribution in [0, 0.1) is 11.6 Å². The highest BCUT2D eigenvalue weighted by Crippen LogP contribution is 2.22. The van der Waals surface area contributed by atoms with E-state index in [0.717, 1.165) is 12.1 Å². The standard InChI is InChI=1S/C8H6ClF2N/c1-2-12-8-4-6(10)5(9)3-7(8)11/h2-4,12H,1H2. The smallest absolute Gasteiger partial charge is 0.148 e. The predicted octanol–water partition coefficient (Wildman–Crippen LogP) is 3.17. The fourth-order valence-corrected chi connectivity index (χ4v) is 0.893. The van der Waals surface area contributed by atoms with Crippen LogP contribution in [0.3, 0.4) is 0 Å². The van der Waals surface area contributed by atoms with Crippen molar-refractivity contribution in [3.8, 4) is 0 Å². The molecule has 4 heteroatoms. The van der Waals surface area contributed by atoms with Gasteiger partial charge in [0.25, 0.3) is 0 Å². The van der Waals surface area contributed by atoms with Crippen LogP contribution in [0.4, 0.5) is 14.5 Å². The molecule has 0 aliphatic carbocycles. The highest BCUT2D eigenvalue weighted by atomic mass is 35.5. The summed E-state index contributed by atoms with van der Waals surface area (Å²) in [5.41, 5.74) is 0.0203. The van der Waals surface area contributed by atoms with E-state index in [-0.39, 0.29) is 10.7 Å². The van der Waals surface area contributed by atoms with Gasteiger partial charge < -0.3 is 5.32 Å². The summed E-state index contributed by atoms with van der Waals surface area (Å²) in [5.74, 6) is -1.27. The highest BCUT2D eigenvalue weighted by Gasteiger charge is 2.06. The first-order chi connectivity index (χ1) is 5.65. The van der Waals surface area contributed by atoms with Gasteiger partial charge >= 0.3 is 0 Å². The zero-order valence-electron chi connectivity index (χ0n) is 6.07. The van der Waals surface area contributed by atoms with Gasteiger partial charge in [-0.3, -0.25) is 0 Å². The average Bonchev–Trinajstić information content (AvgIpc) is 2.01. The van der Waals surface area contributed by atoms with Crippen LogP contribution >= 0.6 is 11.6 Å². The zero-order chi connectivity index (χ0) is 9.14. The zero-order valence-corrected chi connectivity index (χ0v) is 6.83. The van der Waals surface area contributed by atoms with E-state index < -0.39 is 11.6 Å². The molecule has 0 atom stereocenters. The first-order valence-electron chi connectivity index (χ1n) is 3.17. The van der Waals surface area contributed by atoms with Crippen LogP contribution in [-0.2, 0) is 0 Å². The summed E-state index contributed by atoms with van der Waals surface area (Å²) in [6, 6.07) is 1.88. The minimum atomic E-state index is -0.664. The quantitative estimate of drug-likeness (QED) is 0.705. The maximum Gasteiger partial charge on any atom is 0.148 e. The van der Waals surface area contributed by atoms with E-state index in [1.165, 1.54) is 6.20 Å². The number of nitrogens with one attached hydrogen (secondary N) is 1. The molecule has 0 radical (unpaired) electrons. The molecule has 0 saturated carbocycles. The van der Waals surface area contributed by atoms with Crippen LogP contribution in [0.5, 0.6) is 0 Å². The van der Waals surface area contributed by atoms with Crippen molar-refractivity contribution >= 4 is 17.3 Å². The van der Waals surface area contributed by atoms with E-state index in [0.29, 0.717) is 0 Å². The Kier molecular flexibility index (Phi) is 2.65. The molecule has 0 aromatic heterocycles. The van der Waals surface area contributed by atoms with Gasteiger partial charge in [-0.1, -0.05) is 18.2 Å². The van der Waals surface area contributed by atoms with E-state index in [4.69, 9.17) is 11.6 Å². The Morgan fingerprint density at radius 1 is 1.33 bits per heavy atom. The number of hydrogen-bond acceptors (Lipinski definition) is 1. The number of hydrogen-bond donors (Lipinski definition) is 1. The molecule has 0 heterocycles. The molecule has 1 N–H and O–H groups in total. The van der Waals surface area contributed by atoms with Crippen molar-refractivity contribution in [3.63, 3.8) is 0 Å². The Balaban J connectivity index is 3.13. The summed E-state index contributed by atoms with van der Waals surface area (Å²) in [6.07, 6.45) is 1.26. The predicted molar refractivity (Wildman–Crippen MR) is 45.2 cm³/mol. The van der Waals surface area contributed by atoms with Gasteiger partial charge in [0.15, 0.2) is 0 Å². The summed E-state index contributed by atoms with van der Waals surface area (Å²) in [6.45, 7) is 3.32. The first kappa shape index (κ1) is 9.00. The maximum atomic E-state index is 12.9. The van der Waals surface area contributed by atoms with Crippen molar-refractivity contribution < 1.29 is 8.78 Å². The van der Waals surface area contributed by atoms with Crippen LogP contribution < -0.4 is 5.32 Å². The van der Waals surface area contributed by atoms with Crippen LogP contribution in [-0.4, -0.2) is 0 Å². The second-order valence-electron chi connectivity index (χ2n) is 2.09. The number of benzene rings is 1. The molecule has 64 valence electrons. The molecule has 0 aliphatic rings. The molecular formula is C8H6ClF2N. The van der Waals surface area contributed by atoms with Crippen LogP contribution in [0.2, 0.25) is 5.02 Å². The Morgan fingerprint density at radius 2 is 2.00 bits per heavy atom. The topological polar surface area (TPSA) is 12.0 Å². The van der Waals surface area contributed by atoms with E-state index in [1.54, 1.807) is 0 Å². The van der Waals surface area contributed by atoms with E-state index >= 15 is 0 Å². The Morgan fingerprint density at radius 3 is 2.58 bits per heavy atom. The van der Waals surface area contributed by atoms with E-state index in [2.05, 4.69) is 11.9 Å². The number of halogens is 3. The van der Waals surface area contributed by atoms with E-state index in [9.17, 15) is 8.78 Å². The molecule has 0 aliphatic heterocycles. The van der Waals surface area contributed by atoms with Crippen molar-refractivity contribution in [1.82, 2.24) is 0 Å². The third-order valence-corrected chi connectivity index (χ3v) is 1.56. The minimum Gasteiger partial charge on any atom is -0.360 e. The molecule has 0 unspecified atom stereocenters. The Labute approximate surface area is 73.7 Å². The van der Waals surface area contributed by atoms with Gasteiger partial charge in [-0.2, -0.15) is 0 Å². The fourth-order valence-electron chi connectivity index (χ4n) is 0.743. The SMILES string of the molecule is C=CNc1cc(F)c(Cl)cc1F. The Bertz CT molecular complexity index is 312. The summed E-state index contributed by atoms with van der Waals surface area (Å²) in [5, 5.41) is 2.20. The van der Waals surface area contributed by atoms with Gasteiger partial charge in [0, 0.05) is 6.07 Å². The molecule has 12 heavy (non-hydrogen) atoms. The lowest BCUT2D eigenvalue weighted by Crippen LogP contribution is -1.92. The number of anilines is 1. The average molecular weight is 190 g/mol. The summed E-state index contributed by atoms with van der Waals surface area (Å²) >= 11 is 5.32. The molecule has 0 spiro atoms. The highest BCUT2D eigenvalue weighted by molar-refractivity contribution is 6.30. The van der Waals surface area contributed by atoms with Crippen molar-refractivity contribution in [2.45, 2.75) is 0 Å². The lowest BCUT2D eigenvalue weighted by molar-refractivity contribution is 0.604. The van der Waals surface area contributed by atoms with Crippen molar-refractivity contribution in [3.05, 3.63) is 41.6 Å². The molecule has 1 nitrogen and oxygen atoms in total. The third kappa shape index (κ3) is 1.74. The lowest BCUT2D eigenvalue weighted by Gasteiger charge is -2.02.